The van der Waals surface area contributed by atoms with E-state index in [1.54, 1.807) is 11.8 Å². The van der Waals surface area contributed by atoms with Crippen LogP contribution in [0.5, 0.6) is 5.75 Å². The molecule has 2 aromatic carbocycles. The highest BCUT2D eigenvalue weighted by atomic mass is 19.2. The summed E-state index contributed by atoms with van der Waals surface area (Å²) in [5.74, 6) is -2.64. The summed E-state index contributed by atoms with van der Waals surface area (Å²) >= 11 is 0. The zero-order valence-corrected chi connectivity index (χ0v) is 21.3. The first-order valence-corrected chi connectivity index (χ1v) is 12.7. The number of nitrogens with one attached hydrogen (secondary N) is 2. The largest absolute Gasteiger partial charge is 0.492 e. The minimum Gasteiger partial charge on any atom is -0.492 e. The van der Waals surface area contributed by atoms with Gasteiger partial charge in [-0.1, -0.05) is 12.1 Å². The van der Waals surface area contributed by atoms with Gasteiger partial charge in [0.1, 0.15) is 18.2 Å². The van der Waals surface area contributed by atoms with Crippen LogP contribution in [0.2, 0.25) is 0 Å². The predicted octanol–water partition coefficient (Wildman–Crippen LogP) is 3.75. The fourth-order valence-electron chi connectivity index (χ4n) is 4.78. The molecule has 4 rings (SSSR count). The molecular weight excluding hydrogens is 503 g/mol. The minimum atomic E-state index is -1.31. The summed E-state index contributed by atoms with van der Waals surface area (Å²) in [5, 5.41) is 5.75. The van der Waals surface area contributed by atoms with Crippen LogP contribution >= 0.6 is 0 Å². The number of likely N-dealkylation sites (tertiary alicyclic amines) is 1. The van der Waals surface area contributed by atoms with E-state index in [0.717, 1.165) is 5.56 Å². The lowest BCUT2D eigenvalue weighted by atomic mass is 10.1. The van der Waals surface area contributed by atoms with Crippen LogP contribution in [-0.2, 0) is 20.7 Å². The summed E-state index contributed by atoms with van der Waals surface area (Å²) < 4.78 is 56.6. The molecule has 0 radical (unpaired) electrons. The highest BCUT2D eigenvalue weighted by Gasteiger charge is 2.56. The molecular formula is C27H32F3N3O5. The summed E-state index contributed by atoms with van der Waals surface area (Å²) in [6.45, 7) is 6.40. The number of esters is 1. The Morgan fingerprint density at radius 1 is 1.00 bits per heavy atom. The Labute approximate surface area is 219 Å². The maximum absolute atomic E-state index is 13.8. The number of amides is 2. The SMILES string of the molecule is CCOC(=O)[C@H](Cc1ccc(OCCNC2C3CN(C(=O)Nc4cc(F)c(F)cc4F)C[C@@H]32)cc1)OCC. The molecule has 2 amide bonds. The van der Waals surface area contributed by atoms with Gasteiger partial charge in [-0.25, -0.2) is 22.8 Å². The normalized spacial score (nSPS) is 20.6. The van der Waals surface area contributed by atoms with E-state index < -0.39 is 29.6 Å². The number of anilines is 1. The Kier molecular flexibility index (Phi) is 9.11. The van der Waals surface area contributed by atoms with Crippen molar-refractivity contribution in [1.29, 1.82) is 0 Å². The average molecular weight is 536 g/mol. The van der Waals surface area contributed by atoms with Crippen molar-refractivity contribution in [3.63, 3.8) is 0 Å². The zero-order valence-electron chi connectivity index (χ0n) is 21.3. The highest BCUT2D eigenvalue weighted by Crippen LogP contribution is 2.45. The molecule has 1 saturated carbocycles. The molecule has 1 saturated heterocycles. The second-order valence-corrected chi connectivity index (χ2v) is 9.28. The molecule has 11 heteroatoms. The first-order chi connectivity index (χ1) is 18.3. The third-order valence-corrected chi connectivity index (χ3v) is 6.75. The van der Waals surface area contributed by atoms with Crippen LogP contribution in [0.1, 0.15) is 19.4 Å². The van der Waals surface area contributed by atoms with Crippen LogP contribution in [-0.4, -0.2) is 68.5 Å². The van der Waals surface area contributed by atoms with Crippen molar-refractivity contribution in [2.24, 2.45) is 11.8 Å². The summed E-state index contributed by atoms with van der Waals surface area (Å²) in [6, 6.07) is 8.26. The van der Waals surface area contributed by atoms with Crippen molar-refractivity contribution in [3.05, 3.63) is 59.4 Å². The van der Waals surface area contributed by atoms with Gasteiger partial charge in [-0.15, -0.1) is 0 Å². The van der Waals surface area contributed by atoms with Crippen molar-refractivity contribution in [3.8, 4) is 5.75 Å². The standard InChI is InChI=1S/C27H32F3N3O5/c1-3-36-24(26(34)37-4-2)11-16-5-7-17(8-6-16)38-10-9-31-25-18-14-33(15-19(18)25)27(35)32-23-13-21(29)20(28)12-22(23)30/h5-8,12-13,18-19,24-25,31H,3-4,9-11,14-15H2,1-2H3,(H,32,35)/t18-,19?,24-,25?/m0/s1. The molecule has 2 aliphatic rings. The van der Waals surface area contributed by atoms with Crippen LogP contribution in [0, 0.1) is 29.3 Å². The first kappa shape index (κ1) is 27.7. The van der Waals surface area contributed by atoms with Gasteiger partial charge in [0.15, 0.2) is 17.7 Å². The monoisotopic (exact) mass is 535 g/mol. The van der Waals surface area contributed by atoms with Gasteiger partial charge in [-0.05, 0) is 43.4 Å². The molecule has 1 heterocycles. The first-order valence-electron chi connectivity index (χ1n) is 12.7. The predicted molar refractivity (Wildman–Crippen MR) is 133 cm³/mol. The van der Waals surface area contributed by atoms with Crippen molar-refractivity contribution in [2.75, 3.05) is 44.8 Å². The third kappa shape index (κ3) is 6.76. The van der Waals surface area contributed by atoms with Crippen molar-refractivity contribution < 1.29 is 37.0 Å². The molecule has 206 valence electrons. The molecule has 2 fully saturated rings. The number of carbonyl (C=O) groups excluding carboxylic acids is 2. The Bertz CT molecular complexity index is 1120. The summed E-state index contributed by atoms with van der Waals surface area (Å²) in [5.41, 5.74) is 0.552. The van der Waals surface area contributed by atoms with E-state index in [-0.39, 0.29) is 29.5 Å². The summed E-state index contributed by atoms with van der Waals surface area (Å²) in [6.07, 6.45) is -0.216. The van der Waals surface area contributed by atoms with Gasteiger partial charge in [0.2, 0.25) is 0 Å². The molecule has 0 bridgehead atoms. The van der Waals surface area contributed by atoms with Crippen LogP contribution in [0.4, 0.5) is 23.7 Å². The van der Waals surface area contributed by atoms with Gasteiger partial charge < -0.3 is 29.7 Å². The Balaban J connectivity index is 1.14. The molecule has 0 spiro atoms. The number of rotatable bonds is 12. The topological polar surface area (TPSA) is 89.1 Å². The number of hydrogen-bond acceptors (Lipinski definition) is 6. The van der Waals surface area contributed by atoms with E-state index in [1.807, 2.05) is 31.2 Å². The van der Waals surface area contributed by atoms with Gasteiger partial charge in [-0.3, -0.25) is 0 Å². The fourth-order valence-corrected chi connectivity index (χ4v) is 4.78. The molecule has 0 aromatic heterocycles. The number of halogens is 3. The number of carbonyl (C=O) groups is 2. The Hall–Kier alpha value is -3.31. The number of nitrogens with zero attached hydrogens (tertiary/aromatic N) is 1. The van der Waals surface area contributed by atoms with E-state index >= 15 is 0 Å². The lowest BCUT2D eigenvalue weighted by Gasteiger charge is -2.21. The van der Waals surface area contributed by atoms with Gasteiger partial charge >= 0.3 is 12.0 Å². The van der Waals surface area contributed by atoms with Gasteiger partial charge in [0.05, 0.1) is 12.3 Å². The van der Waals surface area contributed by atoms with E-state index in [1.165, 1.54) is 0 Å². The molecule has 8 nitrogen and oxygen atoms in total. The molecule has 2 aromatic rings. The number of benzene rings is 2. The Morgan fingerprint density at radius 3 is 2.34 bits per heavy atom. The molecule has 2 unspecified atom stereocenters. The van der Waals surface area contributed by atoms with Gasteiger partial charge in [0.25, 0.3) is 0 Å². The second-order valence-electron chi connectivity index (χ2n) is 9.28. The van der Waals surface area contributed by atoms with Crippen LogP contribution < -0.4 is 15.4 Å². The van der Waals surface area contributed by atoms with Crippen LogP contribution in [0.3, 0.4) is 0 Å². The Morgan fingerprint density at radius 2 is 1.68 bits per heavy atom. The highest BCUT2D eigenvalue weighted by molar-refractivity contribution is 5.89. The lowest BCUT2D eigenvalue weighted by Crippen LogP contribution is -2.39. The molecule has 38 heavy (non-hydrogen) atoms. The van der Waals surface area contributed by atoms with E-state index in [9.17, 15) is 22.8 Å². The van der Waals surface area contributed by atoms with E-state index in [0.29, 0.717) is 63.8 Å². The molecule has 1 aliphatic heterocycles. The average Bonchev–Trinajstić information content (AvgIpc) is 3.33. The van der Waals surface area contributed by atoms with Crippen LogP contribution in [0.15, 0.2) is 36.4 Å². The quantitative estimate of drug-likeness (QED) is 0.245. The fraction of sp³-hybridized carbons (Fsp3) is 0.481. The number of ether oxygens (including phenoxy) is 3. The molecule has 4 atom stereocenters. The molecule has 2 N–H and O–H groups in total. The maximum atomic E-state index is 13.8. The smallest absolute Gasteiger partial charge is 0.335 e. The second kappa shape index (κ2) is 12.5. The number of urea groups is 1. The van der Waals surface area contributed by atoms with Crippen molar-refractivity contribution >= 4 is 17.7 Å². The van der Waals surface area contributed by atoms with Crippen molar-refractivity contribution in [1.82, 2.24) is 10.2 Å². The lowest BCUT2D eigenvalue weighted by molar-refractivity contribution is -0.156. The van der Waals surface area contributed by atoms with Gasteiger partial charge in [-0.2, -0.15) is 0 Å². The minimum absolute atomic E-state index is 0.267. The van der Waals surface area contributed by atoms with Gasteiger partial charge in [0, 0.05) is 50.8 Å². The zero-order chi connectivity index (χ0) is 27.2. The van der Waals surface area contributed by atoms with Crippen molar-refractivity contribution in [2.45, 2.75) is 32.4 Å². The number of piperidine rings is 1. The molecule has 1 aliphatic carbocycles. The number of hydrogen-bond donors (Lipinski definition) is 2. The summed E-state index contributed by atoms with van der Waals surface area (Å²) in [7, 11) is 0. The van der Waals surface area contributed by atoms with E-state index in [2.05, 4.69) is 10.6 Å². The summed E-state index contributed by atoms with van der Waals surface area (Å²) in [4.78, 5) is 26.0. The van der Waals surface area contributed by atoms with Crippen LogP contribution in [0.25, 0.3) is 0 Å². The van der Waals surface area contributed by atoms with E-state index in [4.69, 9.17) is 14.2 Å². The third-order valence-electron chi connectivity index (χ3n) is 6.75. The maximum Gasteiger partial charge on any atom is 0.335 e. The number of fused-ring (bicyclic) bond motifs is 1.